The average Bonchev–Trinajstić information content (AvgIpc) is 3.27. The van der Waals surface area contributed by atoms with Crippen molar-refractivity contribution in [2.24, 2.45) is 7.05 Å². The smallest absolute Gasteiger partial charge is 0.267 e. The highest BCUT2D eigenvalue weighted by atomic mass is 19.1. The van der Waals surface area contributed by atoms with E-state index in [1.165, 1.54) is 12.5 Å². The molecule has 0 amide bonds. The van der Waals surface area contributed by atoms with Gasteiger partial charge in [0.15, 0.2) is 5.82 Å². The van der Waals surface area contributed by atoms with Crippen LogP contribution in [0.5, 0.6) is 5.75 Å². The molecule has 36 heavy (non-hydrogen) atoms. The number of nitrogens with one attached hydrogen (secondary N) is 1. The molecule has 5 aromatic rings. The summed E-state index contributed by atoms with van der Waals surface area (Å²) < 4.78 is 24.4. The second-order valence-electron chi connectivity index (χ2n) is 9.02. The molecule has 0 aliphatic rings. The lowest BCUT2D eigenvalue weighted by atomic mass is 10.1. The van der Waals surface area contributed by atoms with Gasteiger partial charge in [-0.1, -0.05) is 0 Å². The molecule has 0 saturated heterocycles. The molecule has 3 heterocycles. The summed E-state index contributed by atoms with van der Waals surface area (Å²) in [6.45, 7) is 2.70. The first kappa shape index (κ1) is 23.4. The normalized spacial score (nSPS) is 12.4. The van der Waals surface area contributed by atoms with Crippen molar-refractivity contribution in [3.8, 4) is 16.9 Å². The molecule has 0 fully saturated rings. The monoisotopic (exact) mass is 488 g/mol. The Morgan fingerprint density at radius 2 is 2.03 bits per heavy atom. The van der Waals surface area contributed by atoms with Gasteiger partial charge >= 0.3 is 0 Å². The van der Waals surface area contributed by atoms with E-state index < -0.39 is 5.82 Å². The highest BCUT2D eigenvalue weighted by Gasteiger charge is 2.19. The minimum Gasteiger partial charge on any atom is -0.489 e. The Morgan fingerprint density at radius 3 is 2.78 bits per heavy atom. The maximum Gasteiger partial charge on any atom is 0.267 e. The molecule has 0 saturated carbocycles. The third-order valence-electron chi connectivity index (χ3n) is 5.84. The first-order valence-corrected chi connectivity index (χ1v) is 11.5. The van der Waals surface area contributed by atoms with Crippen molar-refractivity contribution in [2.45, 2.75) is 13.0 Å². The molecule has 2 aromatic carbocycles. The fraction of sp³-hybridized carbons (Fsp3) is 0.231. The van der Waals surface area contributed by atoms with Gasteiger partial charge < -0.3 is 15.0 Å². The van der Waals surface area contributed by atoms with Gasteiger partial charge in [0, 0.05) is 42.2 Å². The largest absolute Gasteiger partial charge is 0.489 e. The zero-order valence-corrected chi connectivity index (χ0v) is 20.5. The number of halogens is 1. The number of pyridine rings is 1. The summed E-state index contributed by atoms with van der Waals surface area (Å²) in [7, 11) is 5.83. The van der Waals surface area contributed by atoms with E-state index in [4.69, 9.17) is 4.74 Å². The summed E-state index contributed by atoms with van der Waals surface area (Å²) >= 11 is 0. The van der Waals surface area contributed by atoms with Crippen LogP contribution in [0, 0.1) is 5.82 Å². The molecule has 5 rings (SSSR count). The number of fused-ring (bicyclic) bond motifs is 2. The van der Waals surface area contributed by atoms with Crippen LogP contribution in [0.25, 0.3) is 32.9 Å². The molecule has 9 nitrogen and oxygen atoms in total. The lowest BCUT2D eigenvalue weighted by molar-refractivity contribution is -0.884. The third kappa shape index (κ3) is 4.50. The number of aryl methyl sites for hydroxylation is 1. The molecule has 184 valence electrons. The Hall–Kier alpha value is -4.31. The summed E-state index contributed by atoms with van der Waals surface area (Å²) in [5.41, 5.74) is 3.05. The molecular formula is C26H27FN7O2+. The number of nitrogens with zero attached hydrogens (tertiary/aromatic N) is 6. The molecule has 3 aromatic heterocycles. The number of aromatic nitrogens is 5. The highest BCUT2D eigenvalue weighted by molar-refractivity contribution is 5.99. The Bertz CT molecular complexity index is 1570. The minimum atomic E-state index is -0.502. The van der Waals surface area contributed by atoms with Gasteiger partial charge in [0.1, 0.15) is 24.0 Å². The average molecular weight is 489 g/mol. The maximum atomic E-state index is 15.4. The van der Waals surface area contributed by atoms with Crippen molar-refractivity contribution < 1.29 is 19.1 Å². The quantitative estimate of drug-likeness (QED) is 0.265. The second-order valence-corrected chi connectivity index (χ2v) is 9.02. The zero-order chi connectivity index (χ0) is 25.4. The van der Waals surface area contributed by atoms with E-state index in [0.717, 1.165) is 15.9 Å². The van der Waals surface area contributed by atoms with E-state index in [-0.39, 0.29) is 17.2 Å². The fourth-order valence-electron chi connectivity index (χ4n) is 4.31. The standard InChI is InChI=1S/C26H27FN7O2/c1-16(13-32(2)3)36-23-11-17(18-12-30-33(4)14-18)10-21-24(23)26(29-15-28-21)31-20-7-8-22-19(25(20)27)6-5-9-34(22)35/h5-12,14-16,35H,13H2,1-4H3,(H,28,29,31)/q+1/t16-/m1/s1. The van der Waals surface area contributed by atoms with Crippen molar-refractivity contribution in [3.63, 3.8) is 0 Å². The van der Waals surface area contributed by atoms with Gasteiger partial charge in [0.25, 0.3) is 5.52 Å². The van der Waals surface area contributed by atoms with Crippen LogP contribution >= 0.6 is 0 Å². The van der Waals surface area contributed by atoms with Crippen LogP contribution in [0.1, 0.15) is 6.92 Å². The summed E-state index contributed by atoms with van der Waals surface area (Å²) in [4.78, 5) is 11.0. The first-order valence-electron chi connectivity index (χ1n) is 11.5. The number of hydrogen-bond donors (Lipinski definition) is 2. The Balaban J connectivity index is 1.64. The van der Waals surface area contributed by atoms with Crippen LogP contribution in [0.2, 0.25) is 0 Å². The van der Waals surface area contributed by atoms with Crippen molar-refractivity contribution in [1.29, 1.82) is 0 Å². The van der Waals surface area contributed by atoms with E-state index in [1.807, 2.05) is 51.3 Å². The summed E-state index contributed by atoms with van der Waals surface area (Å²) in [6, 6.07) is 10.3. The number of rotatable bonds is 7. The van der Waals surface area contributed by atoms with Gasteiger partial charge in [-0.3, -0.25) is 9.89 Å². The molecule has 1 atom stereocenters. The summed E-state index contributed by atoms with van der Waals surface area (Å²) in [6.07, 6.45) is 6.47. The van der Waals surface area contributed by atoms with Crippen LogP contribution in [-0.2, 0) is 7.05 Å². The topological polar surface area (TPSA) is 92.2 Å². The van der Waals surface area contributed by atoms with Crippen molar-refractivity contribution in [2.75, 3.05) is 26.0 Å². The summed E-state index contributed by atoms with van der Waals surface area (Å²) in [5, 5.41) is 18.3. The Morgan fingerprint density at radius 1 is 1.19 bits per heavy atom. The maximum absolute atomic E-state index is 15.4. The van der Waals surface area contributed by atoms with Gasteiger partial charge in [0.05, 0.1) is 28.2 Å². The zero-order valence-electron chi connectivity index (χ0n) is 20.5. The lowest BCUT2D eigenvalue weighted by Gasteiger charge is -2.21. The van der Waals surface area contributed by atoms with Gasteiger partial charge in [-0.05, 0) is 50.8 Å². The molecule has 0 aliphatic heterocycles. The third-order valence-corrected chi connectivity index (χ3v) is 5.84. The number of benzene rings is 2. The molecule has 0 radical (unpaired) electrons. The van der Waals surface area contributed by atoms with Gasteiger partial charge in [-0.15, -0.1) is 0 Å². The lowest BCUT2D eigenvalue weighted by Crippen LogP contribution is -2.30. The molecule has 0 unspecified atom stereocenters. The minimum absolute atomic E-state index is 0.127. The number of hydrogen-bond acceptors (Lipinski definition) is 7. The molecule has 10 heteroatoms. The SMILES string of the molecule is C[C@H](CN(C)C)Oc1cc(-c2cnn(C)c2)cc2ncnc(Nc3ccc4c(ccc[n+]4O)c3F)c12. The molecular weight excluding hydrogens is 461 g/mol. The Labute approximate surface area is 207 Å². The molecule has 0 aliphatic carbocycles. The van der Waals surface area contributed by atoms with Crippen molar-refractivity contribution in [1.82, 2.24) is 24.6 Å². The van der Waals surface area contributed by atoms with Crippen LogP contribution in [0.15, 0.2) is 61.3 Å². The van der Waals surface area contributed by atoms with E-state index in [1.54, 1.807) is 35.1 Å². The molecule has 0 bridgehead atoms. The fourth-order valence-corrected chi connectivity index (χ4v) is 4.31. The van der Waals surface area contributed by atoms with Gasteiger partial charge in [-0.25, -0.2) is 14.4 Å². The van der Waals surface area contributed by atoms with Crippen molar-refractivity contribution >= 4 is 33.3 Å². The van der Waals surface area contributed by atoms with Crippen LogP contribution in [-0.4, -0.2) is 56.6 Å². The molecule has 2 N–H and O–H groups in total. The number of likely N-dealkylation sites (N-methyl/N-ethyl adjacent to an activating group) is 1. The van der Waals surface area contributed by atoms with Crippen molar-refractivity contribution in [3.05, 3.63) is 67.1 Å². The Kier molecular flexibility index (Phi) is 6.11. The number of anilines is 2. The predicted octanol–water partition coefficient (Wildman–Crippen LogP) is 3.92. The van der Waals surface area contributed by atoms with Crippen LogP contribution < -0.4 is 14.8 Å². The second kappa shape index (κ2) is 9.38. The predicted molar refractivity (Wildman–Crippen MR) is 135 cm³/mol. The van der Waals surface area contributed by atoms with Gasteiger partial charge in [-0.2, -0.15) is 5.10 Å². The number of ether oxygens (including phenoxy) is 1. The molecule has 0 spiro atoms. The highest BCUT2D eigenvalue weighted by Crippen LogP contribution is 2.37. The van der Waals surface area contributed by atoms with E-state index in [9.17, 15) is 5.21 Å². The van der Waals surface area contributed by atoms with Gasteiger partial charge in [0.2, 0.25) is 6.20 Å². The van der Waals surface area contributed by atoms with Crippen LogP contribution in [0.3, 0.4) is 0 Å². The van der Waals surface area contributed by atoms with E-state index in [0.29, 0.717) is 34.5 Å². The first-order chi connectivity index (χ1) is 17.3. The van der Waals surface area contributed by atoms with E-state index >= 15 is 4.39 Å². The summed E-state index contributed by atoms with van der Waals surface area (Å²) in [5.74, 6) is 0.493. The van der Waals surface area contributed by atoms with Crippen LogP contribution in [0.4, 0.5) is 15.9 Å². The van der Waals surface area contributed by atoms with E-state index in [2.05, 4.69) is 20.4 Å².